The number of carbonyl (C=O) groups is 2. The van der Waals surface area contributed by atoms with Crippen molar-refractivity contribution in [3.05, 3.63) is 0 Å². The van der Waals surface area contributed by atoms with Crippen molar-refractivity contribution in [3.8, 4) is 0 Å². The number of ether oxygens (including phenoxy) is 1. The molecule has 15 heavy (non-hydrogen) atoms. The molecule has 0 fully saturated rings. The highest BCUT2D eigenvalue weighted by Gasteiger charge is 2.16. The van der Waals surface area contributed by atoms with E-state index in [1.54, 1.807) is 6.92 Å². The molecule has 0 saturated carbocycles. The summed E-state index contributed by atoms with van der Waals surface area (Å²) in [6.07, 6.45) is 2.66. The zero-order valence-corrected chi connectivity index (χ0v) is 10.7. The lowest BCUT2D eigenvalue weighted by Gasteiger charge is -2.18. The Labute approximate surface area is 95.9 Å². The van der Waals surface area contributed by atoms with E-state index in [2.05, 4.69) is 6.92 Å². The second kappa shape index (κ2) is 7.74. The van der Waals surface area contributed by atoms with E-state index in [9.17, 15) is 9.59 Å². The van der Waals surface area contributed by atoms with Gasteiger partial charge in [-0.05, 0) is 19.8 Å². The van der Waals surface area contributed by atoms with Gasteiger partial charge in [-0.3, -0.25) is 9.59 Å². The van der Waals surface area contributed by atoms with Gasteiger partial charge >= 0.3 is 5.97 Å². The maximum Gasteiger partial charge on any atom is 0.302 e. The van der Waals surface area contributed by atoms with Gasteiger partial charge in [-0.15, -0.1) is 0 Å². The third-order valence-electron chi connectivity index (χ3n) is 1.91. The van der Waals surface area contributed by atoms with E-state index >= 15 is 0 Å². The number of rotatable bonds is 6. The molecular weight excluding hydrogens is 212 g/mol. The Morgan fingerprint density at radius 3 is 2.33 bits per heavy atom. The normalized spacial score (nSPS) is 14.4. The van der Waals surface area contributed by atoms with Gasteiger partial charge in [0.1, 0.15) is 6.10 Å². The molecule has 0 aromatic heterocycles. The Balaban J connectivity index is 4.02. The number of hydrogen-bond donors (Lipinski definition) is 0. The van der Waals surface area contributed by atoms with Gasteiger partial charge in [-0.1, -0.05) is 25.1 Å². The Morgan fingerprint density at radius 1 is 1.33 bits per heavy atom. The first-order valence-corrected chi connectivity index (χ1v) is 6.18. The van der Waals surface area contributed by atoms with E-state index in [0.29, 0.717) is 0 Å². The first-order valence-electron chi connectivity index (χ1n) is 5.30. The van der Waals surface area contributed by atoms with Crippen LogP contribution in [0.4, 0.5) is 0 Å². The van der Waals surface area contributed by atoms with E-state index in [1.807, 2.05) is 6.92 Å². The molecule has 0 unspecified atom stereocenters. The molecule has 0 aromatic carbocycles. The molecule has 0 bridgehead atoms. The summed E-state index contributed by atoms with van der Waals surface area (Å²) in [5, 5.41) is 0.394. The van der Waals surface area contributed by atoms with E-state index in [0.717, 1.165) is 19.3 Å². The summed E-state index contributed by atoms with van der Waals surface area (Å²) in [4.78, 5) is 21.7. The summed E-state index contributed by atoms with van der Waals surface area (Å²) in [7, 11) is 0. The van der Waals surface area contributed by atoms with E-state index < -0.39 is 0 Å². The van der Waals surface area contributed by atoms with Crippen LogP contribution in [-0.2, 0) is 14.3 Å². The van der Waals surface area contributed by atoms with Crippen molar-refractivity contribution >= 4 is 22.8 Å². The molecule has 0 aliphatic heterocycles. The second-order valence-corrected chi connectivity index (χ2v) is 5.15. The average molecular weight is 232 g/mol. The number of esters is 1. The van der Waals surface area contributed by atoms with Crippen molar-refractivity contribution in [1.29, 1.82) is 0 Å². The molecule has 0 aliphatic rings. The van der Waals surface area contributed by atoms with Crippen molar-refractivity contribution in [3.63, 3.8) is 0 Å². The molecule has 0 saturated heterocycles. The first kappa shape index (κ1) is 14.5. The molecule has 3 nitrogen and oxygen atoms in total. The Hall–Kier alpha value is -0.510. The lowest BCUT2D eigenvalue weighted by molar-refractivity contribution is -0.145. The average Bonchev–Trinajstić information content (AvgIpc) is 2.00. The molecule has 88 valence electrons. The zero-order chi connectivity index (χ0) is 11.8. The number of carbonyl (C=O) groups excluding carboxylic acids is 2. The van der Waals surface area contributed by atoms with Gasteiger partial charge in [0.15, 0.2) is 5.12 Å². The zero-order valence-electron chi connectivity index (χ0n) is 9.91. The molecule has 0 radical (unpaired) electrons. The largest absolute Gasteiger partial charge is 0.463 e. The molecule has 2 atom stereocenters. The smallest absolute Gasteiger partial charge is 0.302 e. The lowest BCUT2D eigenvalue weighted by Crippen LogP contribution is -2.19. The van der Waals surface area contributed by atoms with Crippen LogP contribution in [0.2, 0.25) is 0 Å². The van der Waals surface area contributed by atoms with Gasteiger partial charge in [0.25, 0.3) is 0 Å². The van der Waals surface area contributed by atoms with Crippen molar-refractivity contribution in [1.82, 2.24) is 0 Å². The van der Waals surface area contributed by atoms with Crippen LogP contribution in [0, 0.1) is 0 Å². The minimum Gasteiger partial charge on any atom is -0.463 e. The van der Waals surface area contributed by atoms with Crippen LogP contribution in [0.5, 0.6) is 0 Å². The Kier molecular flexibility index (Phi) is 7.48. The van der Waals surface area contributed by atoms with Gasteiger partial charge in [-0.25, -0.2) is 0 Å². The van der Waals surface area contributed by atoms with Crippen molar-refractivity contribution < 1.29 is 14.3 Å². The molecular formula is C11H20O3S. The third kappa shape index (κ3) is 8.48. The summed E-state index contributed by atoms with van der Waals surface area (Å²) in [5.41, 5.74) is 0. The highest BCUT2D eigenvalue weighted by atomic mass is 32.2. The molecule has 0 N–H and O–H groups in total. The highest BCUT2D eigenvalue weighted by molar-refractivity contribution is 8.14. The lowest BCUT2D eigenvalue weighted by atomic mass is 10.1. The fourth-order valence-electron chi connectivity index (χ4n) is 1.48. The molecule has 4 heteroatoms. The van der Waals surface area contributed by atoms with Crippen molar-refractivity contribution in [2.45, 2.75) is 58.3 Å². The number of hydrogen-bond acceptors (Lipinski definition) is 4. The van der Waals surface area contributed by atoms with Crippen LogP contribution < -0.4 is 0 Å². The first-order chi connectivity index (χ1) is 6.95. The van der Waals surface area contributed by atoms with Crippen molar-refractivity contribution in [2.75, 3.05) is 0 Å². The second-order valence-electron chi connectivity index (χ2n) is 3.68. The van der Waals surface area contributed by atoms with Crippen LogP contribution >= 0.6 is 11.8 Å². The van der Waals surface area contributed by atoms with Gasteiger partial charge in [0.2, 0.25) is 0 Å². The Bertz CT molecular complexity index is 216. The van der Waals surface area contributed by atoms with E-state index in [1.165, 1.54) is 18.7 Å². The molecule has 0 heterocycles. The topological polar surface area (TPSA) is 43.4 Å². The maximum atomic E-state index is 11.0. The predicted octanol–water partition coefficient (Wildman–Crippen LogP) is 2.78. The Morgan fingerprint density at radius 2 is 1.93 bits per heavy atom. The third-order valence-corrected chi connectivity index (χ3v) is 3.00. The van der Waals surface area contributed by atoms with Crippen molar-refractivity contribution in [2.24, 2.45) is 0 Å². The molecule has 0 amide bonds. The van der Waals surface area contributed by atoms with Gasteiger partial charge < -0.3 is 4.74 Å². The minimum atomic E-state index is -0.259. The number of thioether (sulfide) groups is 1. The van der Waals surface area contributed by atoms with Crippen LogP contribution in [-0.4, -0.2) is 22.4 Å². The molecule has 0 rings (SSSR count). The van der Waals surface area contributed by atoms with Gasteiger partial charge in [-0.2, -0.15) is 0 Å². The molecule has 0 spiro atoms. The molecule has 0 aromatic rings. The SMILES string of the molecule is CCC[C@@H](C[C@@H](C)OC(C)=O)SC(C)=O. The minimum absolute atomic E-state index is 0.106. The maximum absolute atomic E-state index is 11.0. The van der Waals surface area contributed by atoms with Crippen LogP contribution in [0.3, 0.4) is 0 Å². The predicted molar refractivity (Wildman–Crippen MR) is 62.8 cm³/mol. The summed E-state index contributed by atoms with van der Waals surface area (Å²) < 4.78 is 5.05. The van der Waals surface area contributed by atoms with E-state index in [-0.39, 0.29) is 22.4 Å². The quantitative estimate of drug-likeness (QED) is 0.660. The van der Waals surface area contributed by atoms with Gasteiger partial charge in [0, 0.05) is 19.1 Å². The standard InChI is InChI=1S/C11H20O3S/c1-5-6-11(15-10(4)13)7-8(2)14-9(3)12/h8,11H,5-7H2,1-4H3/t8-,11+/m1/s1. The van der Waals surface area contributed by atoms with Crippen LogP contribution in [0.25, 0.3) is 0 Å². The monoisotopic (exact) mass is 232 g/mol. The summed E-state index contributed by atoms with van der Waals surface area (Å²) in [5.74, 6) is -0.259. The van der Waals surface area contributed by atoms with Gasteiger partial charge in [0.05, 0.1) is 0 Å². The van der Waals surface area contributed by atoms with E-state index in [4.69, 9.17) is 4.74 Å². The summed E-state index contributed by atoms with van der Waals surface area (Å²) >= 11 is 1.35. The van der Waals surface area contributed by atoms with Crippen LogP contribution in [0.15, 0.2) is 0 Å². The summed E-state index contributed by atoms with van der Waals surface area (Å²) in [6, 6.07) is 0. The van der Waals surface area contributed by atoms with Crippen LogP contribution in [0.1, 0.15) is 47.0 Å². The fourth-order valence-corrected chi connectivity index (χ4v) is 2.67. The molecule has 0 aliphatic carbocycles. The summed E-state index contributed by atoms with van der Waals surface area (Å²) in [6.45, 7) is 6.93. The fraction of sp³-hybridized carbons (Fsp3) is 0.818. The highest BCUT2D eigenvalue weighted by Crippen LogP contribution is 2.22.